The first-order valence-electron chi connectivity index (χ1n) is 5.90. The number of fused-ring (bicyclic) bond motifs is 1. The Hall–Kier alpha value is -0.790. The molecule has 1 aromatic rings. The summed E-state index contributed by atoms with van der Waals surface area (Å²) >= 11 is 0. The minimum atomic E-state index is 0. The summed E-state index contributed by atoms with van der Waals surface area (Å²) in [5.41, 5.74) is 3.16. The van der Waals surface area contributed by atoms with Crippen molar-refractivity contribution in [3.05, 3.63) is 41.5 Å². The second kappa shape index (κ2) is 4.60. The first-order chi connectivity index (χ1) is 7.38. The summed E-state index contributed by atoms with van der Waals surface area (Å²) in [6.45, 7) is 1.17. The highest BCUT2D eigenvalue weighted by atomic mass is 35.5. The zero-order chi connectivity index (χ0) is 10.1. The fraction of sp³-hybridized carbons (Fsp3) is 0.429. The highest BCUT2D eigenvalue weighted by molar-refractivity contribution is 5.85. The average Bonchev–Trinajstić information content (AvgIpc) is 2.30. The number of halogens is 1. The van der Waals surface area contributed by atoms with Gasteiger partial charge in [0.15, 0.2) is 0 Å². The summed E-state index contributed by atoms with van der Waals surface area (Å²) in [5, 5.41) is 3.69. The van der Waals surface area contributed by atoms with Crippen LogP contribution in [0.4, 0.5) is 0 Å². The van der Waals surface area contributed by atoms with E-state index in [1.807, 2.05) is 0 Å². The zero-order valence-electron chi connectivity index (χ0n) is 9.41. The van der Waals surface area contributed by atoms with Crippen LogP contribution < -0.4 is 5.32 Å². The molecule has 2 heteroatoms. The summed E-state index contributed by atoms with van der Waals surface area (Å²) in [6, 6.07) is 8.74. The van der Waals surface area contributed by atoms with Gasteiger partial charge in [-0.3, -0.25) is 0 Å². The molecule has 1 spiro atoms. The lowest BCUT2D eigenvalue weighted by molar-refractivity contribution is 0.311. The number of piperidine rings is 1. The summed E-state index contributed by atoms with van der Waals surface area (Å²) in [7, 11) is 0. The Labute approximate surface area is 103 Å². The van der Waals surface area contributed by atoms with Gasteiger partial charge in [0.25, 0.3) is 0 Å². The molecule has 1 aromatic carbocycles. The summed E-state index contributed by atoms with van der Waals surface area (Å²) in [6.07, 6.45) is 9.82. The molecule has 1 aliphatic carbocycles. The molecule has 1 unspecified atom stereocenters. The van der Waals surface area contributed by atoms with Crippen LogP contribution in [0.3, 0.4) is 0 Å². The minimum absolute atomic E-state index is 0. The van der Waals surface area contributed by atoms with Gasteiger partial charge < -0.3 is 5.32 Å². The topological polar surface area (TPSA) is 12.0 Å². The van der Waals surface area contributed by atoms with E-state index in [-0.39, 0.29) is 17.9 Å². The number of nitrogens with one attached hydrogen (secondary N) is 1. The van der Waals surface area contributed by atoms with E-state index in [0.29, 0.717) is 0 Å². The largest absolute Gasteiger partial charge is 0.308 e. The highest BCUT2D eigenvalue weighted by Gasteiger charge is 2.31. The van der Waals surface area contributed by atoms with Crippen LogP contribution in [0.15, 0.2) is 30.3 Å². The van der Waals surface area contributed by atoms with Gasteiger partial charge in [0.1, 0.15) is 0 Å². The summed E-state index contributed by atoms with van der Waals surface area (Å²) in [5.74, 6) is 0. The minimum Gasteiger partial charge on any atom is -0.308 e. The van der Waals surface area contributed by atoms with Gasteiger partial charge in [-0.25, -0.2) is 0 Å². The number of rotatable bonds is 0. The monoisotopic (exact) mass is 235 g/mol. The van der Waals surface area contributed by atoms with Crippen molar-refractivity contribution in [2.45, 2.75) is 31.2 Å². The quantitative estimate of drug-likeness (QED) is 0.728. The lowest BCUT2D eigenvalue weighted by atomic mass is 9.78. The Morgan fingerprint density at radius 3 is 2.81 bits per heavy atom. The maximum atomic E-state index is 3.69. The molecule has 0 bridgehead atoms. The van der Waals surface area contributed by atoms with E-state index < -0.39 is 0 Å². The Morgan fingerprint density at radius 1 is 1.12 bits per heavy atom. The second-order valence-corrected chi connectivity index (χ2v) is 4.75. The standard InChI is InChI=1S/C14H17N.ClH/c1-2-6-13-11-14(8-3-4-10-15-14)9-7-12(13)5-1;/h1-2,5-7,9,15H,3-4,8,10-11H2;1H. The van der Waals surface area contributed by atoms with Crippen LogP contribution in [0.1, 0.15) is 30.4 Å². The molecule has 2 aliphatic rings. The van der Waals surface area contributed by atoms with Crippen molar-refractivity contribution in [3.8, 4) is 0 Å². The van der Waals surface area contributed by atoms with E-state index in [1.165, 1.54) is 43.4 Å². The molecule has 1 N–H and O–H groups in total. The molecule has 0 amide bonds. The molecule has 86 valence electrons. The van der Waals surface area contributed by atoms with E-state index in [4.69, 9.17) is 0 Å². The van der Waals surface area contributed by atoms with Crippen molar-refractivity contribution in [3.63, 3.8) is 0 Å². The van der Waals surface area contributed by atoms with Gasteiger partial charge >= 0.3 is 0 Å². The molecule has 0 radical (unpaired) electrons. The van der Waals surface area contributed by atoms with E-state index in [9.17, 15) is 0 Å². The average molecular weight is 236 g/mol. The Kier molecular flexibility index (Phi) is 3.36. The third kappa shape index (κ3) is 2.02. The van der Waals surface area contributed by atoms with Crippen LogP contribution in [-0.2, 0) is 6.42 Å². The molecule has 1 heterocycles. The molecule has 1 saturated heterocycles. The number of benzene rings is 1. The first-order valence-corrected chi connectivity index (χ1v) is 5.90. The molecule has 1 nitrogen and oxygen atoms in total. The molecule has 0 saturated carbocycles. The van der Waals surface area contributed by atoms with Gasteiger partial charge in [-0.05, 0) is 36.9 Å². The summed E-state index contributed by atoms with van der Waals surface area (Å²) in [4.78, 5) is 0. The maximum Gasteiger partial charge on any atom is 0.0408 e. The lowest BCUT2D eigenvalue weighted by Gasteiger charge is -2.38. The molecule has 1 fully saturated rings. The normalized spacial score (nSPS) is 27.2. The number of hydrogen-bond acceptors (Lipinski definition) is 1. The molecular formula is C14H18ClN. The Morgan fingerprint density at radius 2 is 2.00 bits per heavy atom. The molecule has 0 aromatic heterocycles. The van der Waals surface area contributed by atoms with Gasteiger partial charge in [0.05, 0.1) is 0 Å². The van der Waals surface area contributed by atoms with Crippen molar-refractivity contribution < 1.29 is 0 Å². The predicted octanol–water partition coefficient (Wildman–Crippen LogP) is 3.19. The maximum absolute atomic E-state index is 3.69. The fourth-order valence-electron chi connectivity index (χ4n) is 2.79. The Balaban J connectivity index is 0.000000963. The van der Waals surface area contributed by atoms with E-state index in [2.05, 4.69) is 41.7 Å². The van der Waals surface area contributed by atoms with E-state index in [0.717, 1.165) is 0 Å². The van der Waals surface area contributed by atoms with Crippen LogP contribution in [-0.4, -0.2) is 12.1 Å². The first kappa shape index (κ1) is 11.7. The van der Waals surface area contributed by atoms with Gasteiger partial charge in [-0.15, -0.1) is 12.4 Å². The van der Waals surface area contributed by atoms with Crippen molar-refractivity contribution in [2.24, 2.45) is 0 Å². The zero-order valence-corrected chi connectivity index (χ0v) is 10.2. The summed E-state index contributed by atoms with van der Waals surface area (Å²) < 4.78 is 0. The smallest absolute Gasteiger partial charge is 0.0408 e. The highest BCUT2D eigenvalue weighted by Crippen LogP contribution is 2.31. The van der Waals surface area contributed by atoms with Crippen molar-refractivity contribution in [1.29, 1.82) is 0 Å². The molecule has 1 aliphatic heterocycles. The fourth-order valence-corrected chi connectivity index (χ4v) is 2.79. The van der Waals surface area contributed by atoms with Gasteiger partial charge in [0.2, 0.25) is 0 Å². The van der Waals surface area contributed by atoms with Crippen molar-refractivity contribution in [2.75, 3.05) is 6.54 Å². The third-order valence-corrected chi connectivity index (χ3v) is 3.67. The molecule has 16 heavy (non-hydrogen) atoms. The van der Waals surface area contributed by atoms with Crippen LogP contribution in [0.25, 0.3) is 6.08 Å². The van der Waals surface area contributed by atoms with Crippen LogP contribution in [0, 0.1) is 0 Å². The SMILES string of the molecule is C1=CC2(CCCCN2)Cc2ccccc21.Cl. The second-order valence-electron chi connectivity index (χ2n) is 4.75. The van der Waals surface area contributed by atoms with Gasteiger partial charge in [-0.1, -0.05) is 42.8 Å². The van der Waals surface area contributed by atoms with Gasteiger partial charge in [-0.2, -0.15) is 0 Å². The van der Waals surface area contributed by atoms with Crippen molar-refractivity contribution in [1.82, 2.24) is 5.32 Å². The van der Waals surface area contributed by atoms with Crippen molar-refractivity contribution >= 4 is 18.5 Å². The molecule has 3 rings (SSSR count). The van der Waals surface area contributed by atoms with E-state index in [1.54, 1.807) is 0 Å². The van der Waals surface area contributed by atoms with Crippen LogP contribution in [0.5, 0.6) is 0 Å². The molecule has 1 atom stereocenters. The third-order valence-electron chi connectivity index (χ3n) is 3.67. The predicted molar refractivity (Wildman–Crippen MR) is 71.0 cm³/mol. The van der Waals surface area contributed by atoms with Gasteiger partial charge in [0, 0.05) is 5.54 Å². The van der Waals surface area contributed by atoms with E-state index >= 15 is 0 Å². The number of hydrogen-bond donors (Lipinski definition) is 1. The Bertz CT molecular complexity index is 391. The van der Waals surface area contributed by atoms with Crippen LogP contribution in [0.2, 0.25) is 0 Å². The molecular weight excluding hydrogens is 218 g/mol. The van der Waals surface area contributed by atoms with Crippen LogP contribution >= 0.6 is 12.4 Å². The lowest BCUT2D eigenvalue weighted by Crippen LogP contribution is -2.49.